The first-order chi connectivity index (χ1) is 8.59. The standard InChI is InChI=1S/C15H21ClOSi/c1-4-18(5-2,6-3)14-10-13(17)11-8-7-9-12(16)15(11)14/h7-9,14H,4-6,10H2,1-3H3. The van der Waals surface area contributed by atoms with Crippen LogP contribution in [0.25, 0.3) is 0 Å². The van der Waals surface area contributed by atoms with E-state index >= 15 is 0 Å². The number of hydrogen-bond acceptors (Lipinski definition) is 1. The summed E-state index contributed by atoms with van der Waals surface area (Å²) < 4.78 is 0. The predicted octanol–water partition coefficient (Wildman–Crippen LogP) is 5.06. The van der Waals surface area contributed by atoms with Crippen LogP contribution in [0.3, 0.4) is 0 Å². The van der Waals surface area contributed by atoms with Gasteiger partial charge in [0.25, 0.3) is 0 Å². The van der Waals surface area contributed by atoms with Gasteiger partial charge in [-0.1, -0.05) is 62.6 Å². The molecule has 0 radical (unpaired) electrons. The first kappa shape index (κ1) is 13.8. The van der Waals surface area contributed by atoms with E-state index in [4.69, 9.17) is 11.6 Å². The SMILES string of the molecule is CC[Si](CC)(CC)C1CC(=O)c2cccc(Cl)c21. The van der Waals surface area contributed by atoms with E-state index in [9.17, 15) is 4.79 Å². The van der Waals surface area contributed by atoms with Gasteiger partial charge in [0.05, 0.1) is 8.07 Å². The first-order valence-electron chi connectivity index (χ1n) is 6.91. The lowest BCUT2D eigenvalue weighted by Gasteiger charge is -2.35. The largest absolute Gasteiger partial charge is 0.294 e. The van der Waals surface area contributed by atoms with E-state index in [2.05, 4.69) is 20.8 Å². The van der Waals surface area contributed by atoms with Gasteiger partial charge in [0.1, 0.15) is 0 Å². The molecule has 1 atom stereocenters. The maximum Gasteiger partial charge on any atom is 0.163 e. The summed E-state index contributed by atoms with van der Waals surface area (Å²) in [5.74, 6) is 0.296. The molecule has 1 aliphatic carbocycles. The summed E-state index contributed by atoms with van der Waals surface area (Å²) in [6.07, 6.45) is 0.695. The van der Waals surface area contributed by atoms with E-state index in [1.807, 2.05) is 18.2 Å². The number of Topliss-reactive ketones (excluding diaryl/α,β-unsaturated/α-hetero) is 1. The molecule has 0 spiro atoms. The van der Waals surface area contributed by atoms with Crippen molar-refractivity contribution >= 4 is 25.5 Å². The Kier molecular flexibility index (Phi) is 3.98. The highest BCUT2D eigenvalue weighted by Gasteiger charge is 2.44. The molecule has 2 rings (SSSR count). The van der Waals surface area contributed by atoms with Crippen LogP contribution in [0, 0.1) is 0 Å². The van der Waals surface area contributed by atoms with Crippen LogP contribution in [0.1, 0.15) is 48.7 Å². The van der Waals surface area contributed by atoms with Gasteiger partial charge in [-0.2, -0.15) is 0 Å². The number of carbonyl (C=O) groups excluding carboxylic acids is 1. The van der Waals surface area contributed by atoms with Crippen LogP contribution in [0.15, 0.2) is 18.2 Å². The Morgan fingerprint density at radius 2 is 1.83 bits per heavy atom. The Hall–Kier alpha value is -0.603. The normalized spacial score (nSPS) is 19.1. The molecule has 0 aromatic heterocycles. The topological polar surface area (TPSA) is 17.1 Å². The van der Waals surface area contributed by atoms with Crippen LogP contribution in [-0.4, -0.2) is 13.9 Å². The average molecular weight is 281 g/mol. The summed E-state index contributed by atoms with van der Waals surface area (Å²) in [6.45, 7) is 6.87. The Bertz CT molecular complexity index is 457. The van der Waals surface area contributed by atoms with Crippen molar-refractivity contribution in [1.82, 2.24) is 0 Å². The minimum atomic E-state index is -1.41. The predicted molar refractivity (Wildman–Crippen MR) is 80.3 cm³/mol. The summed E-state index contributed by atoms with van der Waals surface area (Å²) in [5, 5.41) is 0.801. The zero-order valence-electron chi connectivity index (χ0n) is 11.4. The second-order valence-electron chi connectivity index (χ2n) is 5.30. The maximum absolute atomic E-state index is 12.2. The van der Waals surface area contributed by atoms with Gasteiger partial charge >= 0.3 is 0 Å². The highest BCUT2D eigenvalue weighted by Crippen LogP contribution is 2.47. The monoisotopic (exact) mass is 280 g/mol. The Morgan fingerprint density at radius 1 is 1.22 bits per heavy atom. The van der Waals surface area contributed by atoms with Crippen molar-refractivity contribution in [2.45, 2.75) is 50.9 Å². The third kappa shape index (κ3) is 1.96. The summed E-state index contributed by atoms with van der Waals surface area (Å²) >= 11 is 6.38. The van der Waals surface area contributed by atoms with Gasteiger partial charge < -0.3 is 0 Å². The second-order valence-corrected chi connectivity index (χ2v) is 11.3. The molecule has 1 aliphatic rings. The van der Waals surface area contributed by atoms with Crippen molar-refractivity contribution in [2.75, 3.05) is 0 Å². The highest BCUT2D eigenvalue weighted by atomic mass is 35.5. The van der Waals surface area contributed by atoms with E-state index in [1.165, 1.54) is 23.7 Å². The highest BCUT2D eigenvalue weighted by molar-refractivity contribution is 6.81. The van der Waals surface area contributed by atoms with Crippen LogP contribution in [0.5, 0.6) is 0 Å². The number of carbonyl (C=O) groups is 1. The Morgan fingerprint density at radius 3 is 2.39 bits per heavy atom. The van der Waals surface area contributed by atoms with Crippen LogP contribution in [0.4, 0.5) is 0 Å². The quantitative estimate of drug-likeness (QED) is 0.705. The number of fused-ring (bicyclic) bond motifs is 1. The third-order valence-corrected chi connectivity index (χ3v) is 11.5. The molecule has 0 saturated heterocycles. The second kappa shape index (κ2) is 5.18. The van der Waals surface area contributed by atoms with Crippen LogP contribution < -0.4 is 0 Å². The van der Waals surface area contributed by atoms with Crippen molar-refractivity contribution in [3.05, 3.63) is 34.3 Å². The molecule has 3 heteroatoms. The summed E-state index contributed by atoms with van der Waals surface area (Å²) in [6, 6.07) is 9.50. The van der Waals surface area contributed by atoms with E-state index in [-0.39, 0.29) is 0 Å². The molecular weight excluding hydrogens is 260 g/mol. The van der Waals surface area contributed by atoms with E-state index < -0.39 is 8.07 Å². The van der Waals surface area contributed by atoms with Crippen molar-refractivity contribution in [2.24, 2.45) is 0 Å². The maximum atomic E-state index is 12.2. The zero-order valence-corrected chi connectivity index (χ0v) is 13.2. The Labute approximate surface area is 116 Å². The molecule has 0 aliphatic heterocycles. The van der Waals surface area contributed by atoms with Crippen molar-refractivity contribution in [1.29, 1.82) is 0 Å². The average Bonchev–Trinajstić information content (AvgIpc) is 2.72. The number of benzene rings is 1. The molecular formula is C15H21ClOSi. The van der Waals surface area contributed by atoms with Gasteiger partial charge in [-0.25, -0.2) is 0 Å². The van der Waals surface area contributed by atoms with Gasteiger partial charge in [-0.15, -0.1) is 0 Å². The lowest BCUT2D eigenvalue weighted by atomic mass is 10.1. The fourth-order valence-corrected chi connectivity index (χ4v) is 8.46. The summed E-state index contributed by atoms with van der Waals surface area (Å²) in [4.78, 5) is 12.2. The number of hydrogen-bond donors (Lipinski definition) is 0. The minimum Gasteiger partial charge on any atom is -0.294 e. The van der Waals surface area contributed by atoms with E-state index in [1.54, 1.807) is 0 Å². The van der Waals surface area contributed by atoms with Gasteiger partial charge in [-0.3, -0.25) is 4.79 Å². The molecule has 98 valence electrons. The molecule has 0 saturated carbocycles. The third-order valence-electron chi connectivity index (χ3n) is 4.94. The molecule has 0 bridgehead atoms. The van der Waals surface area contributed by atoms with Crippen LogP contribution >= 0.6 is 11.6 Å². The molecule has 0 N–H and O–H groups in total. The lowest BCUT2D eigenvalue weighted by molar-refractivity contribution is 0.0993. The van der Waals surface area contributed by atoms with E-state index in [0.717, 1.165) is 10.6 Å². The Balaban J connectivity index is 2.54. The minimum absolute atomic E-state index is 0.296. The summed E-state index contributed by atoms with van der Waals surface area (Å²) in [5.41, 5.74) is 2.50. The van der Waals surface area contributed by atoms with Gasteiger partial charge in [0.15, 0.2) is 5.78 Å². The number of ketones is 1. The van der Waals surface area contributed by atoms with Gasteiger partial charge in [0.2, 0.25) is 0 Å². The van der Waals surface area contributed by atoms with Crippen LogP contribution in [-0.2, 0) is 0 Å². The molecule has 1 aromatic rings. The molecule has 0 amide bonds. The van der Waals surface area contributed by atoms with Crippen LogP contribution in [0.2, 0.25) is 23.2 Å². The molecule has 1 nitrogen and oxygen atoms in total. The fraction of sp³-hybridized carbons (Fsp3) is 0.533. The molecule has 0 fully saturated rings. The fourth-order valence-electron chi connectivity index (χ4n) is 3.54. The molecule has 0 heterocycles. The van der Waals surface area contributed by atoms with Crippen molar-refractivity contribution < 1.29 is 4.79 Å². The van der Waals surface area contributed by atoms with Crippen molar-refractivity contribution in [3.8, 4) is 0 Å². The first-order valence-corrected chi connectivity index (χ1v) is 9.98. The molecule has 18 heavy (non-hydrogen) atoms. The smallest absolute Gasteiger partial charge is 0.163 e. The number of halogens is 1. The molecule has 1 aromatic carbocycles. The molecule has 1 unspecified atom stereocenters. The zero-order chi connectivity index (χ0) is 13.3. The van der Waals surface area contributed by atoms with Crippen molar-refractivity contribution in [3.63, 3.8) is 0 Å². The van der Waals surface area contributed by atoms with Gasteiger partial charge in [0, 0.05) is 17.0 Å². The summed E-state index contributed by atoms with van der Waals surface area (Å²) in [7, 11) is -1.41. The van der Waals surface area contributed by atoms with Gasteiger partial charge in [-0.05, 0) is 17.2 Å². The lowest BCUT2D eigenvalue weighted by Crippen LogP contribution is -2.39. The number of rotatable bonds is 4. The van der Waals surface area contributed by atoms with E-state index in [0.29, 0.717) is 17.7 Å².